The molecular weight excluding hydrogens is 366 g/mol. The number of nitrogens with one attached hydrogen (secondary N) is 1. The topological polar surface area (TPSA) is 67.8 Å². The number of alkyl carbamates (subject to hydrolysis) is 1. The molecule has 2 N–H and O–H groups in total. The van der Waals surface area contributed by atoms with Crippen molar-refractivity contribution in [3.63, 3.8) is 0 Å². The molecule has 0 saturated carbocycles. The fourth-order valence-corrected chi connectivity index (χ4v) is 2.60. The van der Waals surface area contributed by atoms with Gasteiger partial charge in [0.1, 0.15) is 24.7 Å². The van der Waals surface area contributed by atoms with Crippen LogP contribution >= 0.6 is 0 Å². The Kier molecular flexibility index (Phi) is 7.29. The van der Waals surface area contributed by atoms with E-state index in [1.54, 1.807) is 30.4 Å². The average Bonchev–Trinajstić information content (AvgIpc) is 2.76. The van der Waals surface area contributed by atoms with Gasteiger partial charge in [-0.25, -0.2) is 4.79 Å². The molecule has 148 valence electrons. The van der Waals surface area contributed by atoms with Crippen LogP contribution in [0.25, 0.3) is 6.08 Å². The predicted molar refractivity (Wildman–Crippen MR) is 113 cm³/mol. The molecular formula is C24H23NO4. The SMILES string of the molecule is O=C(NCC=Cc1ccc(OCc2ccccc2)cc1O)OCc1ccccc1. The molecule has 3 aromatic carbocycles. The Bertz CT molecular complexity index is 940. The molecule has 29 heavy (non-hydrogen) atoms. The van der Waals surface area contributed by atoms with Crippen LogP contribution in [0.4, 0.5) is 4.79 Å². The first-order valence-electron chi connectivity index (χ1n) is 9.31. The number of ether oxygens (including phenoxy) is 2. The molecule has 3 aromatic rings. The molecule has 0 aliphatic heterocycles. The molecule has 5 nitrogen and oxygen atoms in total. The fourth-order valence-electron chi connectivity index (χ4n) is 2.60. The Labute approximate surface area is 170 Å². The van der Waals surface area contributed by atoms with Gasteiger partial charge < -0.3 is 19.9 Å². The number of carbonyl (C=O) groups is 1. The average molecular weight is 389 g/mol. The fraction of sp³-hybridized carbons (Fsp3) is 0.125. The Hall–Kier alpha value is -3.73. The maximum absolute atomic E-state index is 11.7. The van der Waals surface area contributed by atoms with Crippen molar-refractivity contribution in [2.24, 2.45) is 0 Å². The van der Waals surface area contributed by atoms with Gasteiger partial charge in [0.15, 0.2) is 0 Å². The Balaban J connectivity index is 1.42. The monoisotopic (exact) mass is 389 g/mol. The molecule has 1 amide bonds. The minimum absolute atomic E-state index is 0.110. The molecule has 0 saturated heterocycles. The highest BCUT2D eigenvalue weighted by Crippen LogP contribution is 2.25. The molecule has 0 atom stereocenters. The van der Waals surface area contributed by atoms with Crippen molar-refractivity contribution in [2.45, 2.75) is 13.2 Å². The maximum Gasteiger partial charge on any atom is 0.407 e. The third kappa shape index (κ3) is 6.74. The minimum atomic E-state index is -0.493. The van der Waals surface area contributed by atoms with Gasteiger partial charge in [0.05, 0.1) is 0 Å². The van der Waals surface area contributed by atoms with Crippen LogP contribution in [0.1, 0.15) is 16.7 Å². The quantitative estimate of drug-likeness (QED) is 0.574. The number of amides is 1. The summed E-state index contributed by atoms with van der Waals surface area (Å²) in [6.07, 6.45) is 2.98. The predicted octanol–water partition coefficient (Wildman–Crippen LogP) is 4.91. The summed E-state index contributed by atoms with van der Waals surface area (Å²) in [7, 11) is 0. The van der Waals surface area contributed by atoms with Crippen LogP contribution in [-0.2, 0) is 18.0 Å². The van der Waals surface area contributed by atoms with Gasteiger partial charge in [-0.05, 0) is 23.3 Å². The summed E-state index contributed by atoms with van der Waals surface area (Å²) in [6.45, 7) is 0.950. The first-order valence-corrected chi connectivity index (χ1v) is 9.31. The first kappa shape index (κ1) is 20.0. The highest BCUT2D eigenvalue weighted by Gasteiger charge is 2.03. The number of aromatic hydroxyl groups is 1. The van der Waals surface area contributed by atoms with Crippen LogP contribution < -0.4 is 10.1 Å². The van der Waals surface area contributed by atoms with E-state index in [-0.39, 0.29) is 12.4 Å². The number of phenolic OH excluding ortho intramolecular Hbond substituents is 1. The number of hydrogen-bond acceptors (Lipinski definition) is 4. The summed E-state index contributed by atoms with van der Waals surface area (Å²) in [5, 5.41) is 12.8. The largest absolute Gasteiger partial charge is 0.507 e. The second kappa shape index (κ2) is 10.6. The molecule has 0 spiro atoms. The lowest BCUT2D eigenvalue weighted by Gasteiger charge is -2.08. The number of benzene rings is 3. The molecule has 0 aliphatic carbocycles. The van der Waals surface area contributed by atoms with E-state index in [0.29, 0.717) is 24.5 Å². The molecule has 3 rings (SSSR count). The van der Waals surface area contributed by atoms with Crippen LogP contribution in [0.2, 0.25) is 0 Å². The van der Waals surface area contributed by atoms with Gasteiger partial charge in [0, 0.05) is 18.2 Å². The lowest BCUT2D eigenvalue weighted by molar-refractivity contribution is 0.141. The smallest absolute Gasteiger partial charge is 0.407 e. The van der Waals surface area contributed by atoms with Crippen molar-refractivity contribution in [1.29, 1.82) is 0 Å². The Morgan fingerprint density at radius 1 is 0.897 bits per heavy atom. The van der Waals surface area contributed by atoms with Gasteiger partial charge in [0.2, 0.25) is 0 Å². The van der Waals surface area contributed by atoms with Crippen LogP contribution in [-0.4, -0.2) is 17.7 Å². The normalized spacial score (nSPS) is 10.6. The third-order valence-corrected chi connectivity index (χ3v) is 4.12. The van der Waals surface area contributed by atoms with Crippen molar-refractivity contribution < 1.29 is 19.4 Å². The number of rotatable bonds is 8. The molecule has 0 fully saturated rings. The van der Waals surface area contributed by atoms with E-state index in [0.717, 1.165) is 11.1 Å². The molecule has 0 aromatic heterocycles. The number of hydrogen-bond donors (Lipinski definition) is 2. The summed E-state index contributed by atoms with van der Waals surface area (Å²) >= 11 is 0. The summed E-state index contributed by atoms with van der Waals surface area (Å²) in [4.78, 5) is 11.7. The van der Waals surface area contributed by atoms with Crippen molar-refractivity contribution in [3.05, 3.63) is 102 Å². The second-order valence-electron chi connectivity index (χ2n) is 6.34. The lowest BCUT2D eigenvalue weighted by atomic mass is 10.1. The zero-order valence-electron chi connectivity index (χ0n) is 16.0. The van der Waals surface area contributed by atoms with E-state index in [9.17, 15) is 9.90 Å². The standard InChI is InChI=1S/C24H23NO4/c26-23-16-22(28-17-19-8-3-1-4-9-19)14-13-21(23)12-7-15-25-24(27)29-18-20-10-5-2-6-11-20/h1-14,16,26H,15,17-18H2,(H,25,27). The Morgan fingerprint density at radius 2 is 1.55 bits per heavy atom. The zero-order chi connectivity index (χ0) is 20.3. The van der Waals surface area contributed by atoms with E-state index in [1.807, 2.05) is 60.7 Å². The summed E-state index contributed by atoms with van der Waals surface area (Å²) in [6, 6.07) is 24.4. The summed E-state index contributed by atoms with van der Waals surface area (Å²) in [5.74, 6) is 0.699. The van der Waals surface area contributed by atoms with Crippen molar-refractivity contribution >= 4 is 12.2 Å². The maximum atomic E-state index is 11.7. The van der Waals surface area contributed by atoms with Crippen LogP contribution in [0.5, 0.6) is 11.5 Å². The van der Waals surface area contributed by atoms with Gasteiger partial charge in [-0.1, -0.05) is 72.8 Å². The van der Waals surface area contributed by atoms with Crippen LogP contribution in [0.3, 0.4) is 0 Å². The van der Waals surface area contributed by atoms with Crippen molar-refractivity contribution in [3.8, 4) is 11.5 Å². The van der Waals surface area contributed by atoms with Crippen LogP contribution in [0, 0.1) is 0 Å². The number of phenols is 1. The lowest BCUT2D eigenvalue weighted by Crippen LogP contribution is -2.24. The zero-order valence-corrected chi connectivity index (χ0v) is 16.0. The van der Waals surface area contributed by atoms with Crippen molar-refractivity contribution in [2.75, 3.05) is 6.54 Å². The van der Waals surface area contributed by atoms with Gasteiger partial charge in [-0.2, -0.15) is 0 Å². The molecule has 0 bridgehead atoms. The van der Waals surface area contributed by atoms with E-state index < -0.39 is 6.09 Å². The van der Waals surface area contributed by atoms with Gasteiger partial charge >= 0.3 is 6.09 Å². The van der Waals surface area contributed by atoms with E-state index in [4.69, 9.17) is 9.47 Å². The van der Waals surface area contributed by atoms with Crippen LogP contribution in [0.15, 0.2) is 84.9 Å². The highest BCUT2D eigenvalue weighted by atomic mass is 16.5. The molecule has 0 unspecified atom stereocenters. The molecule has 0 radical (unpaired) electrons. The molecule has 0 aliphatic rings. The van der Waals surface area contributed by atoms with Gasteiger partial charge in [-0.3, -0.25) is 0 Å². The van der Waals surface area contributed by atoms with Gasteiger partial charge in [0.25, 0.3) is 0 Å². The first-order chi connectivity index (χ1) is 14.2. The third-order valence-electron chi connectivity index (χ3n) is 4.12. The highest BCUT2D eigenvalue weighted by molar-refractivity contribution is 5.68. The molecule has 5 heteroatoms. The second-order valence-corrected chi connectivity index (χ2v) is 6.34. The van der Waals surface area contributed by atoms with Gasteiger partial charge in [-0.15, -0.1) is 0 Å². The van der Waals surface area contributed by atoms with E-state index in [2.05, 4.69) is 5.32 Å². The van der Waals surface area contributed by atoms with Crippen molar-refractivity contribution in [1.82, 2.24) is 5.32 Å². The summed E-state index contributed by atoms with van der Waals surface area (Å²) < 4.78 is 10.8. The number of carbonyl (C=O) groups excluding carboxylic acids is 1. The minimum Gasteiger partial charge on any atom is -0.507 e. The molecule has 0 heterocycles. The van der Waals surface area contributed by atoms with E-state index in [1.165, 1.54) is 0 Å². The summed E-state index contributed by atoms with van der Waals surface area (Å²) in [5.41, 5.74) is 2.62. The van der Waals surface area contributed by atoms with E-state index >= 15 is 0 Å². The Morgan fingerprint density at radius 3 is 2.21 bits per heavy atom.